The molecule has 4 rings (SSSR count). The van der Waals surface area contributed by atoms with Crippen LogP contribution in [0.3, 0.4) is 0 Å². The molecule has 0 atom stereocenters. The van der Waals surface area contributed by atoms with Crippen LogP contribution in [0.2, 0.25) is 10.0 Å². The van der Waals surface area contributed by atoms with Gasteiger partial charge in [-0.15, -0.1) is 0 Å². The van der Waals surface area contributed by atoms with E-state index < -0.39 is 0 Å². The monoisotopic (exact) mass is 354 g/mol. The summed E-state index contributed by atoms with van der Waals surface area (Å²) >= 11 is 12.5. The zero-order valence-electron chi connectivity index (χ0n) is 13.5. The first-order valence-electron chi connectivity index (χ1n) is 7.89. The third kappa shape index (κ3) is 2.49. The molecule has 0 N–H and O–H groups in total. The van der Waals surface area contributed by atoms with Gasteiger partial charge in [0.2, 0.25) is 0 Å². The maximum Gasteiger partial charge on any atom is 0.131 e. The van der Waals surface area contributed by atoms with Crippen molar-refractivity contribution in [2.75, 3.05) is 0 Å². The molecule has 3 aromatic carbocycles. The second-order valence-corrected chi connectivity index (χ2v) is 7.01. The van der Waals surface area contributed by atoms with Gasteiger partial charge >= 0.3 is 0 Å². The van der Waals surface area contributed by atoms with Gasteiger partial charge in [-0.3, -0.25) is 0 Å². The highest BCUT2D eigenvalue weighted by molar-refractivity contribution is 6.36. The summed E-state index contributed by atoms with van der Waals surface area (Å²) in [6, 6.07) is 15.9. The van der Waals surface area contributed by atoms with Gasteiger partial charge in [-0.25, -0.2) is 0 Å². The fourth-order valence-corrected chi connectivity index (χ4v) is 3.81. The van der Waals surface area contributed by atoms with E-state index in [2.05, 4.69) is 32.0 Å². The number of hydrogen-bond donors (Lipinski definition) is 0. The molecule has 0 radical (unpaired) electrons. The molecule has 1 heterocycles. The van der Waals surface area contributed by atoms with E-state index in [0.717, 1.165) is 29.0 Å². The normalized spacial score (nSPS) is 12.3. The standard InChI is InChI=1S/C21H16Cl2O/c1-12-13(2)18-9-14-5-3-4-6-20(14)24-21(18)11-17(12)16-8-7-15(22)10-19(16)23/h3-8,10-11H,9H2,1-2H3. The second kappa shape index (κ2) is 5.84. The molecule has 0 saturated heterocycles. The molecule has 1 nitrogen and oxygen atoms in total. The van der Waals surface area contributed by atoms with Gasteiger partial charge in [-0.05, 0) is 60.4 Å². The van der Waals surface area contributed by atoms with Crippen LogP contribution in [0, 0.1) is 13.8 Å². The first-order valence-corrected chi connectivity index (χ1v) is 8.64. The third-order valence-corrected chi connectivity index (χ3v) is 5.32. The van der Waals surface area contributed by atoms with Crippen molar-refractivity contribution in [3.63, 3.8) is 0 Å². The number of benzene rings is 3. The lowest BCUT2D eigenvalue weighted by molar-refractivity contribution is 0.459. The minimum Gasteiger partial charge on any atom is -0.457 e. The van der Waals surface area contributed by atoms with Crippen molar-refractivity contribution in [1.82, 2.24) is 0 Å². The second-order valence-electron chi connectivity index (χ2n) is 6.16. The minimum atomic E-state index is 0.640. The highest BCUT2D eigenvalue weighted by Gasteiger charge is 2.22. The molecule has 0 amide bonds. The Bertz CT molecular complexity index is 960. The summed E-state index contributed by atoms with van der Waals surface area (Å²) in [4.78, 5) is 0. The van der Waals surface area contributed by atoms with Gasteiger partial charge in [-0.2, -0.15) is 0 Å². The molecular formula is C21H16Cl2O. The van der Waals surface area contributed by atoms with E-state index in [1.165, 1.54) is 22.3 Å². The Kier molecular flexibility index (Phi) is 3.79. The lowest BCUT2D eigenvalue weighted by atomic mass is 9.89. The molecule has 0 bridgehead atoms. The molecule has 3 heteroatoms. The fourth-order valence-electron chi connectivity index (χ4n) is 3.30. The molecule has 1 aliphatic heterocycles. The number of halogens is 2. The topological polar surface area (TPSA) is 9.23 Å². The van der Waals surface area contributed by atoms with E-state index in [4.69, 9.17) is 27.9 Å². The zero-order valence-corrected chi connectivity index (χ0v) is 15.0. The Hall–Kier alpha value is -1.96. The van der Waals surface area contributed by atoms with E-state index in [1.54, 1.807) is 6.07 Å². The molecular weight excluding hydrogens is 339 g/mol. The summed E-state index contributed by atoms with van der Waals surface area (Å²) in [6.45, 7) is 4.29. The van der Waals surface area contributed by atoms with Crippen LogP contribution in [-0.2, 0) is 6.42 Å². The predicted octanol–water partition coefficient (Wildman–Crippen LogP) is 6.97. The molecule has 3 aromatic rings. The van der Waals surface area contributed by atoms with Gasteiger partial charge in [-0.1, -0.05) is 47.5 Å². The summed E-state index contributed by atoms with van der Waals surface area (Å²) in [7, 11) is 0. The van der Waals surface area contributed by atoms with E-state index in [1.807, 2.05) is 24.3 Å². The molecule has 24 heavy (non-hydrogen) atoms. The molecule has 0 aromatic heterocycles. The summed E-state index contributed by atoms with van der Waals surface area (Å²) in [5.41, 5.74) is 7.02. The van der Waals surface area contributed by atoms with Crippen molar-refractivity contribution in [2.24, 2.45) is 0 Å². The van der Waals surface area contributed by atoms with Crippen LogP contribution in [-0.4, -0.2) is 0 Å². The first kappa shape index (κ1) is 15.6. The number of fused-ring (bicyclic) bond motifs is 2. The Morgan fingerprint density at radius 1 is 0.833 bits per heavy atom. The largest absolute Gasteiger partial charge is 0.457 e. The number of rotatable bonds is 1. The van der Waals surface area contributed by atoms with Crippen LogP contribution in [0.15, 0.2) is 48.5 Å². The summed E-state index contributed by atoms with van der Waals surface area (Å²) in [5, 5.41) is 1.29. The number of ether oxygens (including phenoxy) is 1. The van der Waals surface area contributed by atoms with Crippen LogP contribution >= 0.6 is 23.2 Å². The highest BCUT2D eigenvalue weighted by Crippen LogP contribution is 2.43. The number of para-hydroxylation sites is 1. The average Bonchev–Trinajstić information content (AvgIpc) is 2.57. The molecule has 1 aliphatic rings. The van der Waals surface area contributed by atoms with Gasteiger partial charge in [0.1, 0.15) is 11.5 Å². The summed E-state index contributed by atoms with van der Waals surface area (Å²) < 4.78 is 6.17. The minimum absolute atomic E-state index is 0.640. The maximum atomic E-state index is 6.43. The average molecular weight is 355 g/mol. The quantitative estimate of drug-likeness (QED) is 0.358. The van der Waals surface area contributed by atoms with Crippen molar-refractivity contribution in [2.45, 2.75) is 20.3 Å². The zero-order chi connectivity index (χ0) is 16.8. The maximum absolute atomic E-state index is 6.43. The van der Waals surface area contributed by atoms with E-state index in [-0.39, 0.29) is 0 Å². The Morgan fingerprint density at radius 3 is 2.42 bits per heavy atom. The van der Waals surface area contributed by atoms with Crippen LogP contribution in [0.25, 0.3) is 11.1 Å². The molecule has 0 spiro atoms. The SMILES string of the molecule is Cc1c(-c2ccc(Cl)cc2Cl)cc2c(c1C)Cc1ccccc1O2. The van der Waals surface area contributed by atoms with Gasteiger partial charge in [0.25, 0.3) is 0 Å². The Morgan fingerprint density at radius 2 is 1.62 bits per heavy atom. The Balaban J connectivity index is 1.89. The fraction of sp³-hybridized carbons (Fsp3) is 0.143. The lowest BCUT2D eigenvalue weighted by Gasteiger charge is -2.25. The smallest absolute Gasteiger partial charge is 0.131 e. The third-order valence-electron chi connectivity index (χ3n) is 4.77. The first-order chi connectivity index (χ1) is 11.5. The molecule has 0 aliphatic carbocycles. The predicted molar refractivity (Wildman–Crippen MR) is 101 cm³/mol. The van der Waals surface area contributed by atoms with Gasteiger partial charge in [0, 0.05) is 27.6 Å². The summed E-state index contributed by atoms with van der Waals surface area (Å²) in [5.74, 6) is 1.85. The van der Waals surface area contributed by atoms with Crippen LogP contribution in [0.4, 0.5) is 0 Å². The van der Waals surface area contributed by atoms with E-state index >= 15 is 0 Å². The van der Waals surface area contributed by atoms with Gasteiger partial charge in [0.05, 0.1) is 0 Å². The van der Waals surface area contributed by atoms with Crippen molar-refractivity contribution in [1.29, 1.82) is 0 Å². The van der Waals surface area contributed by atoms with Crippen molar-refractivity contribution in [3.05, 3.63) is 80.8 Å². The highest BCUT2D eigenvalue weighted by atomic mass is 35.5. The van der Waals surface area contributed by atoms with Gasteiger partial charge < -0.3 is 4.74 Å². The van der Waals surface area contributed by atoms with Gasteiger partial charge in [0.15, 0.2) is 0 Å². The van der Waals surface area contributed by atoms with E-state index in [0.29, 0.717) is 10.0 Å². The van der Waals surface area contributed by atoms with Crippen molar-refractivity contribution >= 4 is 23.2 Å². The molecule has 0 unspecified atom stereocenters. The van der Waals surface area contributed by atoms with Crippen LogP contribution in [0.1, 0.15) is 22.3 Å². The van der Waals surface area contributed by atoms with Crippen molar-refractivity contribution < 1.29 is 4.74 Å². The van der Waals surface area contributed by atoms with E-state index in [9.17, 15) is 0 Å². The lowest BCUT2D eigenvalue weighted by Crippen LogP contribution is -2.06. The van der Waals surface area contributed by atoms with Crippen LogP contribution in [0.5, 0.6) is 11.5 Å². The van der Waals surface area contributed by atoms with Crippen molar-refractivity contribution in [3.8, 4) is 22.6 Å². The van der Waals surface area contributed by atoms with Crippen LogP contribution < -0.4 is 4.74 Å². The molecule has 0 saturated carbocycles. The molecule has 120 valence electrons. The number of hydrogen-bond acceptors (Lipinski definition) is 1. The Labute approximate surface area is 151 Å². The summed E-state index contributed by atoms with van der Waals surface area (Å²) in [6.07, 6.45) is 0.896. The molecule has 0 fully saturated rings.